The molecule has 4 nitrogen and oxygen atoms in total. The van der Waals surface area contributed by atoms with Gasteiger partial charge in [-0.25, -0.2) is 0 Å². The van der Waals surface area contributed by atoms with Gasteiger partial charge in [-0.2, -0.15) is 0 Å². The van der Waals surface area contributed by atoms with Crippen LogP contribution in [0.25, 0.3) is 0 Å². The van der Waals surface area contributed by atoms with E-state index in [-0.39, 0.29) is 12.7 Å². The van der Waals surface area contributed by atoms with Gasteiger partial charge in [0.1, 0.15) is 5.54 Å². The molecule has 0 spiro atoms. The maximum absolute atomic E-state index is 10.8. The molecule has 15 heavy (non-hydrogen) atoms. The van der Waals surface area contributed by atoms with E-state index in [1.54, 1.807) is 0 Å². The minimum Gasteiger partial charge on any atom is -0.480 e. The summed E-state index contributed by atoms with van der Waals surface area (Å²) in [4.78, 5) is 10.8. The van der Waals surface area contributed by atoms with Crippen LogP contribution < -0.4 is 5.73 Å². The first-order valence-electron chi connectivity index (χ1n) is 5.55. The van der Waals surface area contributed by atoms with E-state index >= 15 is 0 Å². The Balaban J connectivity index is 2.33. The monoisotopic (exact) mass is 215 g/mol. The largest absolute Gasteiger partial charge is 0.480 e. The molecule has 0 aromatic carbocycles. The minimum atomic E-state index is -1.26. The van der Waals surface area contributed by atoms with Gasteiger partial charge < -0.3 is 15.6 Å². The number of ether oxygens (including phenoxy) is 1. The van der Waals surface area contributed by atoms with Crippen LogP contribution >= 0.6 is 0 Å². The van der Waals surface area contributed by atoms with Gasteiger partial charge in [0, 0.05) is 0 Å². The van der Waals surface area contributed by atoms with Gasteiger partial charge in [0.15, 0.2) is 0 Å². The van der Waals surface area contributed by atoms with E-state index in [1.807, 2.05) is 0 Å². The third-order valence-corrected chi connectivity index (χ3v) is 3.00. The molecular weight excluding hydrogens is 194 g/mol. The highest BCUT2D eigenvalue weighted by Crippen LogP contribution is 2.26. The molecule has 0 aliphatic heterocycles. The minimum absolute atomic E-state index is 0.0969. The normalized spacial score (nSPS) is 30.9. The van der Waals surface area contributed by atoms with E-state index in [1.165, 1.54) is 19.8 Å². The van der Waals surface area contributed by atoms with Crippen molar-refractivity contribution in [1.29, 1.82) is 0 Å². The third kappa shape index (κ3) is 3.80. The molecule has 0 heterocycles. The summed E-state index contributed by atoms with van der Waals surface area (Å²) in [6.45, 7) is 3.79. The zero-order chi connectivity index (χ0) is 11.5. The van der Waals surface area contributed by atoms with Gasteiger partial charge in [-0.05, 0) is 25.7 Å². The van der Waals surface area contributed by atoms with Crippen LogP contribution in [0, 0.1) is 5.92 Å². The highest BCUT2D eigenvalue weighted by atomic mass is 16.5. The highest BCUT2D eigenvalue weighted by molar-refractivity contribution is 5.77. The zero-order valence-corrected chi connectivity index (χ0v) is 9.53. The fraction of sp³-hybridized carbons (Fsp3) is 0.909. The van der Waals surface area contributed by atoms with E-state index < -0.39 is 11.5 Å². The molecule has 1 saturated carbocycles. The zero-order valence-electron chi connectivity index (χ0n) is 9.53. The molecule has 0 bridgehead atoms. The predicted octanol–water partition coefficient (Wildman–Crippen LogP) is 1.38. The van der Waals surface area contributed by atoms with Crippen LogP contribution in [0.3, 0.4) is 0 Å². The van der Waals surface area contributed by atoms with E-state index in [4.69, 9.17) is 15.6 Å². The molecule has 0 saturated heterocycles. The van der Waals surface area contributed by atoms with Crippen molar-refractivity contribution < 1.29 is 14.6 Å². The van der Waals surface area contributed by atoms with Gasteiger partial charge in [-0.15, -0.1) is 0 Å². The molecule has 88 valence electrons. The Bertz CT molecular complexity index is 228. The Morgan fingerprint density at radius 2 is 2.27 bits per heavy atom. The lowest BCUT2D eigenvalue weighted by Crippen LogP contribution is -2.50. The summed E-state index contributed by atoms with van der Waals surface area (Å²) >= 11 is 0. The summed E-state index contributed by atoms with van der Waals surface area (Å²) in [6, 6.07) is 0. The highest BCUT2D eigenvalue weighted by Gasteiger charge is 2.30. The maximum Gasteiger partial charge on any atom is 0.325 e. The van der Waals surface area contributed by atoms with Gasteiger partial charge in [-0.3, -0.25) is 4.79 Å². The number of aliphatic carboxylic acids is 1. The number of rotatable bonds is 4. The van der Waals surface area contributed by atoms with Crippen molar-refractivity contribution >= 4 is 5.97 Å². The first-order valence-corrected chi connectivity index (χ1v) is 5.55. The summed E-state index contributed by atoms with van der Waals surface area (Å²) in [5, 5.41) is 8.82. The topological polar surface area (TPSA) is 72.5 Å². The molecule has 3 N–H and O–H groups in total. The summed E-state index contributed by atoms with van der Waals surface area (Å²) in [7, 11) is 0. The molecule has 1 fully saturated rings. The maximum atomic E-state index is 10.8. The van der Waals surface area contributed by atoms with Crippen molar-refractivity contribution in [3.05, 3.63) is 0 Å². The molecule has 0 radical (unpaired) electrons. The second kappa shape index (κ2) is 4.94. The number of carboxylic acid groups (broad SMARTS) is 1. The number of carboxylic acids is 1. The summed E-state index contributed by atoms with van der Waals surface area (Å²) < 4.78 is 5.57. The number of nitrogens with two attached hydrogens (primary N) is 1. The summed E-state index contributed by atoms with van der Waals surface area (Å²) in [6.07, 6.45) is 4.66. The molecule has 3 atom stereocenters. The lowest BCUT2D eigenvalue weighted by molar-refractivity contribution is -0.146. The Labute approximate surface area is 90.8 Å². The first kappa shape index (κ1) is 12.5. The Kier molecular flexibility index (Phi) is 4.11. The van der Waals surface area contributed by atoms with Crippen LogP contribution in [0.15, 0.2) is 0 Å². The summed E-state index contributed by atoms with van der Waals surface area (Å²) in [5.41, 5.74) is 4.32. The Hall–Kier alpha value is -0.610. The van der Waals surface area contributed by atoms with E-state index in [0.29, 0.717) is 5.92 Å². The standard InChI is InChI=1S/C11H21NO3/c1-8-4-3-5-9(6-8)15-7-11(2,12)10(13)14/h8-9H,3-7,12H2,1-2H3,(H,13,14). The molecular formula is C11H21NO3. The molecule has 1 aliphatic rings. The van der Waals surface area contributed by atoms with Gasteiger partial charge in [0.25, 0.3) is 0 Å². The molecule has 0 aromatic heterocycles. The van der Waals surface area contributed by atoms with Crippen LogP contribution in [0.5, 0.6) is 0 Å². The van der Waals surface area contributed by atoms with Crippen molar-refractivity contribution in [3.63, 3.8) is 0 Å². The molecule has 3 unspecified atom stereocenters. The Morgan fingerprint density at radius 1 is 1.60 bits per heavy atom. The van der Waals surface area contributed by atoms with E-state index in [2.05, 4.69) is 6.92 Å². The van der Waals surface area contributed by atoms with Crippen LogP contribution in [0.2, 0.25) is 0 Å². The predicted molar refractivity (Wildman–Crippen MR) is 57.6 cm³/mol. The SMILES string of the molecule is CC1CCCC(OCC(C)(N)C(=O)O)C1. The van der Waals surface area contributed by atoms with E-state index in [9.17, 15) is 4.79 Å². The van der Waals surface area contributed by atoms with Crippen molar-refractivity contribution in [2.24, 2.45) is 11.7 Å². The molecule has 1 aliphatic carbocycles. The molecule has 0 aromatic rings. The Morgan fingerprint density at radius 3 is 2.80 bits per heavy atom. The number of hydrogen-bond acceptors (Lipinski definition) is 3. The number of hydrogen-bond donors (Lipinski definition) is 2. The van der Waals surface area contributed by atoms with Gasteiger partial charge in [0.05, 0.1) is 12.7 Å². The van der Waals surface area contributed by atoms with Gasteiger partial charge in [0.2, 0.25) is 0 Å². The first-order chi connectivity index (χ1) is 6.92. The third-order valence-electron chi connectivity index (χ3n) is 3.00. The lowest BCUT2D eigenvalue weighted by atomic mass is 9.88. The average molecular weight is 215 g/mol. The quantitative estimate of drug-likeness (QED) is 0.743. The average Bonchev–Trinajstić information content (AvgIpc) is 2.15. The summed E-state index contributed by atoms with van der Waals surface area (Å²) in [5.74, 6) is -0.330. The molecule has 1 rings (SSSR count). The fourth-order valence-electron chi connectivity index (χ4n) is 1.88. The smallest absolute Gasteiger partial charge is 0.325 e. The number of carbonyl (C=O) groups is 1. The van der Waals surface area contributed by atoms with Crippen LogP contribution in [0.1, 0.15) is 39.5 Å². The fourth-order valence-corrected chi connectivity index (χ4v) is 1.88. The second-order valence-electron chi connectivity index (χ2n) is 4.93. The van der Waals surface area contributed by atoms with Gasteiger partial charge in [-0.1, -0.05) is 19.8 Å². The van der Waals surface area contributed by atoms with Crippen molar-refractivity contribution in [3.8, 4) is 0 Å². The second-order valence-corrected chi connectivity index (χ2v) is 4.93. The lowest BCUT2D eigenvalue weighted by Gasteiger charge is -2.29. The molecule has 4 heteroatoms. The van der Waals surface area contributed by atoms with Crippen LogP contribution in [0.4, 0.5) is 0 Å². The van der Waals surface area contributed by atoms with Crippen molar-refractivity contribution in [2.75, 3.05) is 6.61 Å². The van der Waals surface area contributed by atoms with Crippen molar-refractivity contribution in [2.45, 2.75) is 51.2 Å². The van der Waals surface area contributed by atoms with E-state index in [0.717, 1.165) is 12.8 Å². The van der Waals surface area contributed by atoms with Crippen LogP contribution in [-0.4, -0.2) is 29.3 Å². The van der Waals surface area contributed by atoms with Crippen LogP contribution in [-0.2, 0) is 9.53 Å². The van der Waals surface area contributed by atoms with Crippen molar-refractivity contribution in [1.82, 2.24) is 0 Å². The van der Waals surface area contributed by atoms with Gasteiger partial charge >= 0.3 is 5.97 Å². The molecule has 0 amide bonds.